The van der Waals surface area contributed by atoms with E-state index >= 15 is 0 Å². The van der Waals surface area contributed by atoms with E-state index in [0.29, 0.717) is 25.7 Å². The number of thiophene rings is 1. The molecule has 0 radical (unpaired) electrons. The van der Waals surface area contributed by atoms with Gasteiger partial charge in [-0.25, -0.2) is 13.6 Å². The lowest BCUT2D eigenvalue weighted by Gasteiger charge is -2.37. The van der Waals surface area contributed by atoms with Gasteiger partial charge in [0, 0.05) is 31.0 Å². The summed E-state index contributed by atoms with van der Waals surface area (Å²) in [6, 6.07) is 13.5. The zero-order valence-corrected chi connectivity index (χ0v) is 25.2. The Morgan fingerprint density at radius 1 is 1.02 bits per heavy atom. The second kappa shape index (κ2) is 12.4. The Kier molecular flexibility index (Phi) is 8.80. The van der Waals surface area contributed by atoms with Crippen LogP contribution in [0.4, 0.5) is 13.6 Å². The van der Waals surface area contributed by atoms with Crippen molar-refractivity contribution in [1.82, 2.24) is 15.2 Å². The van der Waals surface area contributed by atoms with E-state index in [4.69, 9.17) is 16.3 Å². The van der Waals surface area contributed by atoms with Crippen molar-refractivity contribution in [2.45, 2.75) is 70.7 Å². The molecule has 0 aliphatic heterocycles. The molecule has 4 aromatic rings. The molecule has 1 aliphatic rings. The molecule has 5 rings (SSSR count). The molecule has 1 aliphatic carbocycles. The number of aromatic nitrogens is 1. The number of nitrogens with one attached hydrogen (secondary N) is 1. The molecule has 1 fully saturated rings. The molecule has 6 nitrogen and oxygen atoms in total. The summed E-state index contributed by atoms with van der Waals surface area (Å²) in [5.41, 5.74) is 2.28. The number of hydrogen-bond acceptors (Lipinski definition) is 5. The fraction of sp³-hybridized carbons (Fsp3) is 0.344. The molecular formula is C32H32ClF2N3O3S. The minimum Gasteiger partial charge on any atom is -0.444 e. The van der Waals surface area contributed by atoms with Crippen molar-refractivity contribution in [1.29, 1.82) is 0 Å². The van der Waals surface area contributed by atoms with E-state index in [-0.39, 0.29) is 44.5 Å². The van der Waals surface area contributed by atoms with Gasteiger partial charge in [0.05, 0.1) is 15.1 Å². The number of fused-ring (bicyclic) bond motifs is 1. The number of halogens is 3. The van der Waals surface area contributed by atoms with Crippen LogP contribution in [0.2, 0.25) is 5.02 Å². The molecule has 2 aromatic heterocycles. The number of hydrogen-bond donors (Lipinski definition) is 1. The number of ether oxygens (including phenoxy) is 1. The van der Waals surface area contributed by atoms with E-state index in [1.807, 2.05) is 57.2 Å². The zero-order chi connectivity index (χ0) is 30.0. The molecule has 0 unspecified atom stereocenters. The summed E-state index contributed by atoms with van der Waals surface area (Å²) in [7, 11) is 0. The van der Waals surface area contributed by atoms with E-state index in [1.165, 1.54) is 0 Å². The monoisotopic (exact) mass is 611 g/mol. The first kappa shape index (κ1) is 29.9. The molecule has 0 spiro atoms. The number of amides is 2. The summed E-state index contributed by atoms with van der Waals surface area (Å²) in [5.74, 6) is -1.67. The number of rotatable bonds is 6. The minimum atomic E-state index is -0.669. The highest BCUT2D eigenvalue weighted by Crippen LogP contribution is 2.40. The molecule has 2 heterocycles. The number of nitrogens with zero attached hydrogens (tertiary/aromatic N) is 2. The topological polar surface area (TPSA) is 71.5 Å². The first-order valence-electron chi connectivity index (χ1n) is 13.9. The number of pyridine rings is 1. The van der Waals surface area contributed by atoms with E-state index in [9.17, 15) is 18.4 Å². The third-order valence-corrected chi connectivity index (χ3v) is 8.96. The van der Waals surface area contributed by atoms with Crippen molar-refractivity contribution < 1.29 is 23.1 Å². The van der Waals surface area contributed by atoms with Crippen LogP contribution in [0, 0.1) is 11.6 Å². The van der Waals surface area contributed by atoms with Crippen LogP contribution in [0.1, 0.15) is 61.7 Å². The summed E-state index contributed by atoms with van der Waals surface area (Å²) < 4.78 is 34.7. The van der Waals surface area contributed by atoms with Crippen molar-refractivity contribution in [2.75, 3.05) is 0 Å². The Balaban J connectivity index is 1.42. The highest BCUT2D eigenvalue weighted by molar-refractivity contribution is 7.21. The van der Waals surface area contributed by atoms with Crippen molar-refractivity contribution in [3.63, 3.8) is 0 Å². The summed E-state index contributed by atoms with van der Waals surface area (Å²) in [6.45, 7) is 5.72. The van der Waals surface area contributed by atoms with Crippen LogP contribution in [0.25, 0.3) is 21.2 Å². The average Bonchev–Trinajstić information content (AvgIpc) is 3.32. The fourth-order valence-electron chi connectivity index (χ4n) is 5.33. The lowest BCUT2D eigenvalue weighted by Crippen LogP contribution is -2.46. The molecule has 2 aromatic carbocycles. The first-order chi connectivity index (χ1) is 20.0. The Hall–Kier alpha value is -3.56. The quantitative estimate of drug-likeness (QED) is 0.238. The van der Waals surface area contributed by atoms with Crippen LogP contribution in [0.3, 0.4) is 0 Å². The van der Waals surface area contributed by atoms with Gasteiger partial charge in [0.15, 0.2) is 0 Å². The molecule has 0 atom stereocenters. The molecule has 1 saturated carbocycles. The second-order valence-corrected chi connectivity index (χ2v) is 12.9. The molecular weight excluding hydrogens is 580 g/mol. The summed E-state index contributed by atoms with van der Waals surface area (Å²) in [6.07, 6.45) is 5.53. The molecule has 1 N–H and O–H groups in total. The highest BCUT2D eigenvalue weighted by Gasteiger charge is 2.33. The lowest BCUT2D eigenvalue weighted by atomic mass is 9.89. The van der Waals surface area contributed by atoms with E-state index < -0.39 is 23.3 Å². The predicted octanol–water partition coefficient (Wildman–Crippen LogP) is 8.37. The van der Waals surface area contributed by atoms with Crippen LogP contribution in [0.15, 0.2) is 60.9 Å². The van der Waals surface area contributed by atoms with E-state index in [2.05, 4.69) is 10.3 Å². The predicted molar refractivity (Wildman–Crippen MR) is 162 cm³/mol. The number of benzene rings is 2. The lowest BCUT2D eigenvalue weighted by molar-refractivity contribution is 0.0454. The maximum absolute atomic E-state index is 14.6. The van der Waals surface area contributed by atoms with Gasteiger partial charge in [-0.15, -0.1) is 11.3 Å². The molecule has 42 heavy (non-hydrogen) atoms. The highest BCUT2D eigenvalue weighted by atomic mass is 35.5. The standard InChI is InChI=1S/C32H32ClF2N3O3S/c1-32(2,3)41-31(40)37-22-7-9-23(10-8-22)38(18-19-5-4-6-21(17-19)20-13-15-36-16-14-20)30(39)29-27(33)26-24(34)11-12-25(35)28(26)42-29/h4-6,11-17,22-23H,7-10,18H2,1-3H3,(H,37,40). The van der Waals surface area contributed by atoms with Crippen LogP contribution < -0.4 is 5.32 Å². The minimum absolute atomic E-state index is 0.0215. The Bertz CT molecular complexity index is 1600. The molecule has 0 saturated heterocycles. The van der Waals surface area contributed by atoms with Gasteiger partial charge in [0.25, 0.3) is 5.91 Å². The van der Waals surface area contributed by atoms with Crippen LogP contribution in [-0.2, 0) is 11.3 Å². The Morgan fingerprint density at radius 3 is 2.38 bits per heavy atom. The van der Waals surface area contributed by atoms with Gasteiger partial charge < -0.3 is 15.0 Å². The normalized spacial score (nSPS) is 17.2. The maximum atomic E-state index is 14.6. The van der Waals surface area contributed by atoms with Gasteiger partial charge in [-0.3, -0.25) is 9.78 Å². The number of alkyl carbamates (subject to hydrolysis) is 1. The smallest absolute Gasteiger partial charge is 0.407 e. The van der Waals surface area contributed by atoms with Crippen LogP contribution >= 0.6 is 22.9 Å². The maximum Gasteiger partial charge on any atom is 0.407 e. The van der Waals surface area contributed by atoms with Crippen molar-refractivity contribution in [2.24, 2.45) is 0 Å². The van der Waals surface area contributed by atoms with Crippen molar-refractivity contribution in [3.8, 4) is 11.1 Å². The number of carbonyl (C=O) groups excluding carboxylic acids is 2. The molecule has 0 bridgehead atoms. The van der Waals surface area contributed by atoms with Crippen molar-refractivity contribution in [3.05, 3.63) is 88.0 Å². The molecule has 220 valence electrons. The van der Waals surface area contributed by atoms with E-state index in [0.717, 1.165) is 40.2 Å². The van der Waals surface area contributed by atoms with Crippen molar-refractivity contribution >= 4 is 45.0 Å². The molecule has 10 heteroatoms. The van der Waals surface area contributed by atoms with Gasteiger partial charge in [-0.05, 0) is 93.5 Å². The zero-order valence-electron chi connectivity index (χ0n) is 23.6. The SMILES string of the molecule is CC(C)(C)OC(=O)NC1CCC(N(Cc2cccc(-c3ccncc3)c2)C(=O)c2sc3c(F)ccc(F)c3c2Cl)CC1. The third kappa shape index (κ3) is 6.73. The Morgan fingerprint density at radius 2 is 1.71 bits per heavy atom. The first-order valence-corrected chi connectivity index (χ1v) is 15.1. The third-order valence-electron chi connectivity index (χ3n) is 7.29. The fourth-order valence-corrected chi connectivity index (χ4v) is 6.83. The summed E-state index contributed by atoms with van der Waals surface area (Å²) >= 11 is 7.41. The van der Waals surface area contributed by atoms with Gasteiger partial charge in [0.2, 0.25) is 0 Å². The number of carbonyl (C=O) groups is 2. The van der Waals surface area contributed by atoms with Gasteiger partial charge in [-0.1, -0.05) is 29.8 Å². The largest absolute Gasteiger partial charge is 0.444 e. The van der Waals surface area contributed by atoms with Gasteiger partial charge in [0.1, 0.15) is 22.1 Å². The van der Waals surface area contributed by atoms with E-state index in [1.54, 1.807) is 17.3 Å². The van der Waals surface area contributed by atoms with Gasteiger partial charge >= 0.3 is 6.09 Å². The average molecular weight is 612 g/mol. The molecule has 2 amide bonds. The second-order valence-electron chi connectivity index (χ2n) is 11.5. The van der Waals surface area contributed by atoms with Crippen LogP contribution in [0.5, 0.6) is 0 Å². The van der Waals surface area contributed by atoms with Gasteiger partial charge in [-0.2, -0.15) is 0 Å². The van der Waals surface area contributed by atoms with Crippen LogP contribution in [-0.4, -0.2) is 39.6 Å². The summed E-state index contributed by atoms with van der Waals surface area (Å²) in [4.78, 5) is 32.4. The summed E-state index contributed by atoms with van der Waals surface area (Å²) in [5, 5.41) is 2.79. The Labute approximate surface area is 252 Å².